The molecule has 10 rings (SSSR count). The molecular formula is C53H52Cl2N8O17. The third-order valence-electron chi connectivity index (χ3n) is 13.4. The van der Waals surface area contributed by atoms with Gasteiger partial charge in [0, 0.05) is 23.6 Å². The van der Waals surface area contributed by atoms with E-state index in [0.717, 1.165) is 54.6 Å². The van der Waals surface area contributed by atoms with Crippen LogP contribution in [0.25, 0.3) is 11.1 Å². The van der Waals surface area contributed by atoms with Crippen LogP contribution in [0.4, 0.5) is 0 Å². The molecule has 5 heterocycles. The van der Waals surface area contributed by atoms with Crippen molar-refractivity contribution in [2.45, 2.75) is 81.2 Å². The predicted octanol–water partition coefficient (Wildman–Crippen LogP) is 0.0347. The number of aliphatic carboxylic acids is 1. The third kappa shape index (κ3) is 11.9. The van der Waals surface area contributed by atoms with Gasteiger partial charge in [-0.25, -0.2) is 0 Å². The minimum absolute atomic E-state index is 0.00565. The zero-order valence-electron chi connectivity index (χ0n) is 42.3. The van der Waals surface area contributed by atoms with Crippen LogP contribution in [-0.2, 0) is 38.4 Å². The summed E-state index contributed by atoms with van der Waals surface area (Å²) in [7, 11) is 1.62. The molecule has 25 nitrogen and oxygen atoms in total. The minimum atomic E-state index is -2.28. The highest BCUT2D eigenvalue weighted by Gasteiger charge is 2.41. The standard InChI is InChI=1S/C53H52Cl2N8O17/c1-19(2)10-29(57-3)47(71)62-42-44(68)21-5-8-33(27(54)12-21)79-35-14-23-15-36(46(35)70)80-34-9-6-22(13-28(34)55)45(69)43-52(76)61-41(53(77)78)26-16-24(64)17-32(66)38(26)25-11-20(4-7-31(25)65)39(49(73)63-43)60-50(74)40(23)59-48(72)30(18-37(56)67)58-51(42)75/h4-9,11-17,19,29-30,39-45,57,64-66,68-70H,10,18H2,1-3H3,(H2,56,67)(H,58,75)(H,59,72)(H,60,74)(H,61,76)(H,62,71)(H,63,73)(H,77,78)/t29-,30+,39-,40?,41?,42?,43?,44-,45-/m1/s1. The molecule has 27 heteroatoms. The molecule has 0 aromatic heterocycles. The number of primary amides is 1. The molecule has 0 fully saturated rings. The number of carbonyl (C=O) groups excluding carboxylic acids is 8. The van der Waals surface area contributed by atoms with Gasteiger partial charge >= 0.3 is 0 Å². The van der Waals surface area contributed by atoms with Gasteiger partial charge in [0.05, 0.1) is 35.5 Å². The van der Waals surface area contributed by atoms with Crippen molar-refractivity contribution < 1.29 is 88.9 Å². The van der Waals surface area contributed by atoms with Gasteiger partial charge < -0.3 is 93.0 Å². The summed E-state index contributed by atoms with van der Waals surface area (Å²) in [6.07, 6.45) is -4.72. The van der Waals surface area contributed by atoms with E-state index in [2.05, 4.69) is 31.9 Å². The number of nitrogens with one attached hydrogen (secondary N) is 6. The van der Waals surface area contributed by atoms with Crippen molar-refractivity contribution in [2.24, 2.45) is 11.7 Å². The van der Waals surface area contributed by atoms with Crippen LogP contribution >= 0.6 is 23.2 Å². The van der Waals surface area contributed by atoms with Crippen LogP contribution in [0.1, 0.15) is 84.8 Å². The summed E-state index contributed by atoms with van der Waals surface area (Å²) in [5, 5.41) is 97.1. The zero-order valence-corrected chi connectivity index (χ0v) is 43.8. The van der Waals surface area contributed by atoms with Crippen molar-refractivity contribution >= 4 is 70.5 Å². The van der Waals surface area contributed by atoms with Crippen LogP contribution in [0.5, 0.6) is 46.0 Å². The Morgan fingerprint density at radius 2 is 1.25 bits per heavy atom. The van der Waals surface area contributed by atoms with Gasteiger partial charge in [0.2, 0.25) is 41.2 Å². The number of hydrogen-bond acceptors (Lipinski definition) is 17. The van der Waals surface area contributed by atoms with Gasteiger partial charge in [0.25, 0.3) is 5.91 Å². The first-order chi connectivity index (χ1) is 37.8. The van der Waals surface area contributed by atoms with Crippen LogP contribution in [0.3, 0.4) is 0 Å². The van der Waals surface area contributed by atoms with Gasteiger partial charge in [0.1, 0.15) is 71.2 Å². The highest BCUT2D eigenvalue weighted by Crippen LogP contribution is 2.47. The fourth-order valence-electron chi connectivity index (χ4n) is 9.41. The fraction of sp³-hybridized carbons (Fsp3) is 0.283. The topological polar surface area (TPSA) is 414 Å². The van der Waals surface area contributed by atoms with Crippen molar-refractivity contribution in [3.05, 3.63) is 117 Å². The Morgan fingerprint density at radius 3 is 1.82 bits per heavy atom. The summed E-state index contributed by atoms with van der Waals surface area (Å²) in [6.45, 7) is 3.72. The lowest BCUT2D eigenvalue weighted by Gasteiger charge is -2.32. The number of halogens is 2. The van der Waals surface area contributed by atoms with Crippen LogP contribution in [0.2, 0.25) is 10.0 Å². The number of aliphatic hydroxyl groups is 2. The summed E-state index contributed by atoms with van der Waals surface area (Å²) in [5.74, 6) is -15.2. The average Bonchev–Trinajstić information content (AvgIpc) is 3.39. The number of aliphatic hydroxyl groups excluding tert-OH is 2. The highest BCUT2D eigenvalue weighted by molar-refractivity contribution is 6.32. The number of carboxylic acid groups (broad SMARTS) is 1. The third-order valence-corrected chi connectivity index (χ3v) is 14.0. The molecule has 9 atom stereocenters. The normalized spacial score (nSPS) is 22.4. The second-order valence-electron chi connectivity index (χ2n) is 19.5. The monoisotopic (exact) mass is 1140 g/mol. The summed E-state index contributed by atoms with van der Waals surface area (Å²) < 4.78 is 12.2. The van der Waals surface area contributed by atoms with E-state index in [-0.39, 0.29) is 49.7 Å². The van der Waals surface area contributed by atoms with Crippen molar-refractivity contribution in [1.29, 1.82) is 0 Å². The SMILES string of the molecule is C[NH2+][C@H](CC(C)C)C(=O)NC1C(=O)N[C@@H](CC(N)=O)C(=O)NC2C(=O)N[C@H]3C(=O)NC(C(=O)NC(C(=O)[O-])c4cc(O)cc(O)c4-c4cc3ccc4O)[C@H](O)c3ccc(c(Cl)c3)Oc3cc2cc(c3O)Oc2ccc(cc2Cl)[C@H]1O. The van der Waals surface area contributed by atoms with Crippen molar-refractivity contribution in [3.8, 4) is 57.1 Å². The Balaban J connectivity index is 1.36. The molecule has 0 radical (unpaired) electrons. The molecule has 5 aliphatic rings. The predicted molar refractivity (Wildman–Crippen MR) is 276 cm³/mol. The van der Waals surface area contributed by atoms with Crippen LogP contribution in [0, 0.1) is 5.92 Å². The Bertz CT molecular complexity index is 3380. The Hall–Kier alpha value is -8.88. The van der Waals surface area contributed by atoms with E-state index < -0.39 is 159 Å². The number of benzene rings is 5. The molecule has 4 unspecified atom stereocenters. The Kier molecular flexibility index (Phi) is 16.6. The molecule has 80 heavy (non-hydrogen) atoms. The summed E-state index contributed by atoms with van der Waals surface area (Å²) in [6, 6.07) is 0.450. The largest absolute Gasteiger partial charge is 0.548 e. The Morgan fingerprint density at radius 1 is 0.675 bits per heavy atom. The molecule has 5 aromatic rings. The first-order valence-electron chi connectivity index (χ1n) is 24.5. The van der Waals surface area contributed by atoms with E-state index in [1.165, 1.54) is 24.3 Å². The second kappa shape index (κ2) is 23.2. The van der Waals surface area contributed by atoms with Gasteiger partial charge in [-0.2, -0.15) is 0 Å². The second-order valence-corrected chi connectivity index (χ2v) is 20.3. The van der Waals surface area contributed by atoms with Gasteiger partial charge in [-0.05, 0) is 88.3 Å². The first-order valence-corrected chi connectivity index (χ1v) is 25.3. The minimum Gasteiger partial charge on any atom is -0.548 e. The number of rotatable bonds is 8. The maximum atomic E-state index is 15.4. The number of phenols is 4. The van der Waals surface area contributed by atoms with Crippen LogP contribution in [0.15, 0.2) is 78.9 Å². The van der Waals surface area contributed by atoms with Crippen LogP contribution < -0.4 is 57.5 Å². The Labute approximate surface area is 463 Å². The van der Waals surface area contributed by atoms with E-state index in [9.17, 15) is 69.3 Å². The molecule has 0 aliphatic carbocycles. The molecule has 0 saturated heterocycles. The number of carbonyl (C=O) groups is 8. The lowest BCUT2D eigenvalue weighted by atomic mass is 9.89. The molecule has 5 aliphatic heterocycles. The smallest absolute Gasteiger partial charge is 0.278 e. The number of fused-ring (bicyclic) bond motifs is 15. The lowest BCUT2D eigenvalue weighted by Crippen LogP contribution is -2.89. The van der Waals surface area contributed by atoms with E-state index in [0.29, 0.717) is 6.42 Å². The van der Waals surface area contributed by atoms with E-state index in [4.69, 9.17) is 38.4 Å². The number of aromatic hydroxyl groups is 4. The number of phenolic OH excluding ortho intramolecular Hbond substituents is 4. The summed E-state index contributed by atoms with van der Waals surface area (Å²) in [4.78, 5) is 113. The number of likely N-dealkylation sites (N-methyl/N-ethyl adjacent to an activating group) is 1. The fourth-order valence-corrected chi connectivity index (χ4v) is 9.87. The molecule has 0 saturated carbocycles. The lowest BCUT2D eigenvalue weighted by molar-refractivity contribution is -0.651. The average molecular weight is 1140 g/mol. The highest BCUT2D eigenvalue weighted by atomic mass is 35.5. The van der Waals surface area contributed by atoms with Gasteiger partial charge in [0.15, 0.2) is 17.5 Å². The van der Waals surface area contributed by atoms with Crippen LogP contribution in [-0.4, -0.2) is 109 Å². The van der Waals surface area contributed by atoms with Gasteiger partial charge in [-0.1, -0.05) is 55.2 Å². The van der Waals surface area contributed by atoms with Crippen molar-refractivity contribution in [2.75, 3.05) is 7.05 Å². The zero-order chi connectivity index (χ0) is 58.2. The quantitative estimate of drug-likeness (QED) is 0.0975. The number of ether oxygens (including phenoxy) is 2. The van der Waals surface area contributed by atoms with Crippen molar-refractivity contribution in [3.63, 3.8) is 0 Å². The number of hydrogen-bond donors (Lipinski definition) is 14. The number of nitrogens with two attached hydrogens (primary N) is 2. The maximum absolute atomic E-state index is 15.4. The van der Waals surface area contributed by atoms with Gasteiger partial charge in [-0.15, -0.1) is 0 Å². The van der Waals surface area contributed by atoms with E-state index >= 15 is 4.79 Å². The summed E-state index contributed by atoms with van der Waals surface area (Å²) >= 11 is 13.5. The maximum Gasteiger partial charge on any atom is 0.278 e. The number of quaternary nitrogens is 1. The first kappa shape index (κ1) is 57.3. The molecular weight excluding hydrogens is 1090 g/mol. The molecule has 0 spiro atoms. The van der Waals surface area contributed by atoms with E-state index in [1.54, 1.807) is 12.4 Å². The van der Waals surface area contributed by atoms with E-state index in [1.807, 2.05) is 13.8 Å². The number of carboxylic acids is 1. The van der Waals surface area contributed by atoms with Crippen molar-refractivity contribution in [1.82, 2.24) is 31.9 Å². The molecule has 11 bridgehead atoms. The molecule has 16 N–H and O–H groups in total. The number of amides is 7. The summed E-state index contributed by atoms with van der Waals surface area (Å²) in [5.41, 5.74) is 3.16. The molecule has 7 amide bonds. The van der Waals surface area contributed by atoms with Gasteiger partial charge in [-0.3, -0.25) is 33.6 Å². The molecule has 420 valence electrons. The molecule has 5 aromatic carbocycles.